The number of nitrogens with two attached hydrogens (primary N) is 1. The van der Waals surface area contributed by atoms with Crippen molar-refractivity contribution in [3.63, 3.8) is 0 Å². The molecule has 0 aromatic carbocycles. The third kappa shape index (κ3) is 3.28. The summed E-state index contributed by atoms with van der Waals surface area (Å²) in [6, 6.07) is 0. The van der Waals surface area contributed by atoms with Crippen LogP contribution in [-0.2, 0) is 6.54 Å². The largest absolute Gasteiger partial charge is 0.364 e. The second-order valence-electron chi connectivity index (χ2n) is 4.12. The fraction of sp³-hybridized carbons (Fsp3) is 0.333. The number of nitrogens with zero attached hydrogens (tertiary/aromatic N) is 3. The molecule has 2 rings (SSSR count). The average Bonchev–Trinajstić information content (AvgIpc) is 3.09. The molecule has 0 saturated carbocycles. The molecule has 0 atom stereocenters. The first kappa shape index (κ1) is 16.8. The molecular formula is C12H15N5O2S3. The first-order valence-electron chi connectivity index (χ1n) is 6.28. The van der Waals surface area contributed by atoms with Crippen molar-refractivity contribution in [2.45, 2.75) is 22.7 Å². The van der Waals surface area contributed by atoms with Crippen molar-refractivity contribution in [3.8, 4) is 0 Å². The summed E-state index contributed by atoms with van der Waals surface area (Å²) in [5.74, 6) is -0.998. The lowest BCUT2D eigenvalue weighted by Gasteiger charge is -2.05. The normalized spacial score (nSPS) is 10.7. The molecule has 118 valence electrons. The molecule has 0 aliphatic rings. The molecule has 0 aliphatic carbocycles. The summed E-state index contributed by atoms with van der Waals surface area (Å²) in [4.78, 5) is 24.0. The number of thioether (sulfide) groups is 2. The Balaban J connectivity index is 2.35. The van der Waals surface area contributed by atoms with Gasteiger partial charge in [-0.3, -0.25) is 14.3 Å². The van der Waals surface area contributed by atoms with E-state index in [1.165, 1.54) is 35.1 Å². The Morgan fingerprint density at radius 3 is 2.68 bits per heavy atom. The zero-order valence-electron chi connectivity index (χ0n) is 12.2. The maximum absolute atomic E-state index is 12.5. The van der Waals surface area contributed by atoms with Crippen LogP contribution in [0.25, 0.3) is 0 Å². The summed E-state index contributed by atoms with van der Waals surface area (Å²) >= 11 is 4.14. The average molecular weight is 357 g/mol. The molecule has 2 amide bonds. The third-order valence-corrected chi connectivity index (χ3v) is 5.54. The Labute approximate surface area is 140 Å². The van der Waals surface area contributed by atoms with Gasteiger partial charge in [-0.2, -0.15) is 9.47 Å². The number of primary amides is 1. The van der Waals surface area contributed by atoms with Crippen LogP contribution >= 0.6 is 35.1 Å². The summed E-state index contributed by atoms with van der Waals surface area (Å²) in [6.07, 6.45) is 5.34. The van der Waals surface area contributed by atoms with Gasteiger partial charge in [0.15, 0.2) is 5.69 Å². The van der Waals surface area contributed by atoms with Crippen LogP contribution in [0.2, 0.25) is 0 Å². The fourth-order valence-electron chi connectivity index (χ4n) is 1.77. The maximum atomic E-state index is 12.5. The highest BCUT2D eigenvalue weighted by Gasteiger charge is 2.23. The van der Waals surface area contributed by atoms with Gasteiger partial charge < -0.3 is 11.1 Å². The Morgan fingerprint density at radius 1 is 1.41 bits per heavy atom. The summed E-state index contributed by atoms with van der Waals surface area (Å²) in [7, 11) is 0. The predicted octanol–water partition coefficient (Wildman–Crippen LogP) is 2.15. The summed E-state index contributed by atoms with van der Waals surface area (Å²) in [6.45, 7) is 2.45. The van der Waals surface area contributed by atoms with Crippen molar-refractivity contribution < 1.29 is 9.59 Å². The van der Waals surface area contributed by atoms with Gasteiger partial charge in [0.25, 0.3) is 11.8 Å². The Bertz CT molecular complexity index is 688. The van der Waals surface area contributed by atoms with E-state index in [9.17, 15) is 9.59 Å². The van der Waals surface area contributed by atoms with E-state index >= 15 is 0 Å². The van der Waals surface area contributed by atoms with Gasteiger partial charge in [0.1, 0.15) is 5.03 Å². The fourth-order valence-corrected chi connectivity index (χ4v) is 4.05. The van der Waals surface area contributed by atoms with Gasteiger partial charge in [-0.25, -0.2) is 0 Å². The highest BCUT2D eigenvalue weighted by Crippen LogP contribution is 2.33. The molecule has 0 spiro atoms. The number of anilines is 1. The SMILES string of the molecule is CCn1cc(NC(=O)c2c(SC)nsc2SC)c(C(N)=O)n1. The zero-order valence-corrected chi connectivity index (χ0v) is 14.7. The van der Waals surface area contributed by atoms with E-state index in [-0.39, 0.29) is 11.6 Å². The van der Waals surface area contributed by atoms with Crippen LogP contribution in [0.3, 0.4) is 0 Å². The van der Waals surface area contributed by atoms with Gasteiger partial charge in [0.2, 0.25) is 0 Å². The van der Waals surface area contributed by atoms with Crippen LogP contribution in [0.15, 0.2) is 15.4 Å². The molecule has 10 heteroatoms. The van der Waals surface area contributed by atoms with Crippen LogP contribution < -0.4 is 11.1 Å². The van der Waals surface area contributed by atoms with Gasteiger partial charge >= 0.3 is 0 Å². The van der Waals surface area contributed by atoms with Crippen LogP contribution in [0.5, 0.6) is 0 Å². The molecule has 7 nitrogen and oxygen atoms in total. The van der Waals surface area contributed by atoms with E-state index in [1.807, 2.05) is 19.4 Å². The van der Waals surface area contributed by atoms with E-state index in [4.69, 9.17) is 5.73 Å². The molecule has 22 heavy (non-hydrogen) atoms. The van der Waals surface area contributed by atoms with Gasteiger partial charge in [-0.1, -0.05) is 0 Å². The lowest BCUT2D eigenvalue weighted by molar-refractivity contribution is 0.0995. The molecule has 0 saturated heterocycles. The minimum Gasteiger partial charge on any atom is -0.364 e. The van der Waals surface area contributed by atoms with Gasteiger partial charge in [-0.05, 0) is 31.0 Å². The zero-order chi connectivity index (χ0) is 16.3. The van der Waals surface area contributed by atoms with E-state index in [1.54, 1.807) is 10.9 Å². The molecule has 0 radical (unpaired) electrons. The second kappa shape index (κ2) is 7.16. The molecule has 0 unspecified atom stereocenters. The number of carbonyl (C=O) groups is 2. The number of amides is 2. The monoisotopic (exact) mass is 357 g/mol. The Morgan fingerprint density at radius 2 is 2.14 bits per heavy atom. The first-order chi connectivity index (χ1) is 10.5. The predicted molar refractivity (Wildman–Crippen MR) is 90.0 cm³/mol. The molecule has 0 aliphatic heterocycles. The van der Waals surface area contributed by atoms with Crippen molar-refractivity contribution in [3.05, 3.63) is 17.5 Å². The lowest BCUT2D eigenvalue weighted by Crippen LogP contribution is -2.18. The summed E-state index contributed by atoms with van der Waals surface area (Å²) < 4.78 is 6.63. The highest BCUT2D eigenvalue weighted by molar-refractivity contribution is 8.01. The molecule has 2 heterocycles. The number of nitrogens with one attached hydrogen (secondary N) is 1. The molecule has 0 bridgehead atoms. The quantitative estimate of drug-likeness (QED) is 0.768. The van der Waals surface area contributed by atoms with Gasteiger partial charge in [0, 0.05) is 12.7 Å². The number of carbonyl (C=O) groups excluding carboxylic acids is 2. The van der Waals surface area contributed by atoms with Crippen LogP contribution in [0.4, 0.5) is 5.69 Å². The summed E-state index contributed by atoms with van der Waals surface area (Å²) in [5, 5.41) is 7.43. The standard InChI is InChI=1S/C12H15N5O2S3/c1-4-17-5-6(8(15-17)9(13)18)14-10(19)7-11(20-2)16-22-12(7)21-3/h5H,4H2,1-3H3,(H2,13,18)(H,14,19). The third-order valence-electron chi connectivity index (χ3n) is 2.80. The van der Waals surface area contributed by atoms with Crippen molar-refractivity contribution in [2.24, 2.45) is 5.73 Å². The first-order valence-corrected chi connectivity index (χ1v) is 9.50. The summed E-state index contributed by atoms with van der Waals surface area (Å²) in [5.41, 5.74) is 6.18. The smallest absolute Gasteiger partial charge is 0.271 e. The second-order valence-corrected chi connectivity index (χ2v) is 6.77. The van der Waals surface area contributed by atoms with Crippen molar-refractivity contribution in [1.29, 1.82) is 0 Å². The van der Waals surface area contributed by atoms with E-state index < -0.39 is 5.91 Å². The lowest BCUT2D eigenvalue weighted by atomic mass is 10.3. The molecule has 2 aromatic heterocycles. The van der Waals surface area contributed by atoms with Gasteiger partial charge in [0.05, 0.1) is 15.5 Å². The number of hydrogen-bond acceptors (Lipinski definition) is 7. The molecule has 2 aromatic rings. The van der Waals surface area contributed by atoms with Crippen LogP contribution in [0, 0.1) is 0 Å². The van der Waals surface area contributed by atoms with Crippen LogP contribution in [0.1, 0.15) is 27.8 Å². The topological polar surface area (TPSA) is 103 Å². The maximum Gasteiger partial charge on any atom is 0.271 e. The van der Waals surface area contributed by atoms with Crippen LogP contribution in [-0.4, -0.2) is 38.5 Å². The van der Waals surface area contributed by atoms with Crippen molar-refractivity contribution in [2.75, 3.05) is 17.8 Å². The molecule has 0 fully saturated rings. The van der Waals surface area contributed by atoms with E-state index in [2.05, 4.69) is 14.8 Å². The Kier molecular flexibility index (Phi) is 5.48. The minimum atomic E-state index is -0.680. The number of aryl methyl sites for hydroxylation is 1. The Hall–Kier alpha value is -1.52. The number of hydrogen-bond donors (Lipinski definition) is 2. The van der Waals surface area contributed by atoms with Crippen molar-refractivity contribution >= 4 is 52.6 Å². The van der Waals surface area contributed by atoms with E-state index in [0.717, 1.165) is 4.21 Å². The molecule has 3 N–H and O–H groups in total. The highest BCUT2D eigenvalue weighted by atomic mass is 32.2. The van der Waals surface area contributed by atoms with Gasteiger partial charge in [-0.15, -0.1) is 23.5 Å². The molecular weight excluding hydrogens is 342 g/mol. The minimum absolute atomic E-state index is 0.0507. The van der Waals surface area contributed by atoms with E-state index in [0.29, 0.717) is 22.8 Å². The van der Waals surface area contributed by atoms with Crippen molar-refractivity contribution in [1.82, 2.24) is 14.2 Å². The number of rotatable bonds is 6. The number of aromatic nitrogens is 3.